The number of carbonyl (C=O) groups is 1. The van der Waals surface area contributed by atoms with Crippen molar-refractivity contribution >= 4 is 33.2 Å². The molecule has 0 bridgehead atoms. The van der Waals surface area contributed by atoms with Crippen LogP contribution in [0.5, 0.6) is 0 Å². The van der Waals surface area contributed by atoms with Crippen LogP contribution < -0.4 is 0 Å². The number of carboxylic acids is 1. The standard InChI is InChI=1S/C10H11BrF3NO2S/c1-15(4-7-2-6(11)5-18-7)8(3-9(16)17)10(12,13)14/h2,5,8H,3-4H2,1H3,(H,16,17). The predicted octanol–water partition coefficient (Wildman–Crippen LogP) is 3.35. The Morgan fingerprint density at radius 3 is 2.61 bits per heavy atom. The molecule has 1 rings (SSSR count). The second-order valence-electron chi connectivity index (χ2n) is 3.80. The van der Waals surface area contributed by atoms with E-state index in [9.17, 15) is 18.0 Å². The van der Waals surface area contributed by atoms with Crippen LogP contribution in [0.3, 0.4) is 0 Å². The fourth-order valence-corrected chi connectivity index (χ4v) is 2.99. The van der Waals surface area contributed by atoms with Gasteiger partial charge in [0.1, 0.15) is 6.04 Å². The van der Waals surface area contributed by atoms with Crippen molar-refractivity contribution in [1.82, 2.24) is 4.90 Å². The van der Waals surface area contributed by atoms with E-state index in [4.69, 9.17) is 5.11 Å². The number of carboxylic acid groups (broad SMARTS) is 1. The quantitative estimate of drug-likeness (QED) is 0.889. The monoisotopic (exact) mass is 345 g/mol. The number of nitrogens with zero attached hydrogens (tertiary/aromatic N) is 1. The number of aliphatic carboxylic acids is 1. The van der Waals surface area contributed by atoms with Gasteiger partial charge in [0.25, 0.3) is 0 Å². The van der Waals surface area contributed by atoms with Crippen LogP contribution in [0.1, 0.15) is 11.3 Å². The van der Waals surface area contributed by atoms with E-state index in [1.807, 2.05) is 0 Å². The van der Waals surface area contributed by atoms with Crippen LogP contribution in [0.25, 0.3) is 0 Å². The SMILES string of the molecule is CN(Cc1cc(Br)cs1)C(CC(=O)O)C(F)(F)F. The molecule has 1 N–H and O–H groups in total. The summed E-state index contributed by atoms with van der Waals surface area (Å²) in [6, 6.07) is -0.258. The van der Waals surface area contributed by atoms with Gasteiger partial charge in [-0.2, -0.15) is 13.2 Å². The third kappa shape index (κ3) is 4.58. The largest absolute Gasteiger partial charge is 0.481 e. The number of rotatable bonds is 5. The van der Waals surface area contributed by atoms with Gasteiger partial charge >= 0.3 is 12.1 Å². The minimum absolute atomic E-state index is 0.0632. The van der Waals surface area contributed by atoms with Crippen molar-refractivity contribution in [2.75, 3.05) is 7.05 Å². The molecule has 102 valence electrons. The molecule has 0 aromatic carbocycles. The first-order chi connectivity index (χ1) is 8.20. The number of hydrogen-bond donors (Lipinski definition) is 1. The Bertz CT molecular complexity index is 422. The molecule has 18 heavy (non-hydrogen) atoms. The Hall–Kier alpha value is -0.600. The topological polar surface area (TPSA) is 40.5 Å². The van der Waals surface area contributed by atoms with E-state index < -0.39 is 24.6 Å². The first-order valence-corrected chi connectivity index (χ1v) is 6.59. The van der Waals surface area contributed by atoms with Gasteiger partial charge in [-0.3, -0.25) is 9.69 Å². The number of alkyl halides is 3. The molecule has 0 aliphatic heterocycles. The summed E-state index contributed by atoms with van der Waals surface area (Å²) in [5.74, 6) is -1.46. The van der Waals surface area contributed by atoms with E-state index in [1.54, 1.807) is 11.4 Å². The van der Waals surface area contributed by atoms with Crippen molar-refractivity contribution in [2.45, 2.75) is 25.2 Å². The van der Waals surface area contributed by atoms with Crippen LogP contribution in [-0.2, 0) is 11.3 Å². The van der Waals surface area contributed by atoms with Crippen LogP contribution in [0, 0.1) is 0 Å². The van der Waals surface area contributed by atoms with Crippen molar-refractivity contribution in [1.29, 1.82) is 0 Å². The maximum Gasteiger partial charge on any atom is 0.404 e. The summed E-state index contributed by atoms with van der Waals surface area (Å²) in [5.41, 5.74) is 0. The van der Waals surface area contributed by atoms with Crippen molar-refractivity contribution < 1.29 is 23.1 Å². The Labute approximate surface area is 114 Å². The lowest BCUT2D eigenvalue weighted by Crippen LogP contribution is -2.44. The summed E-state index contributed by atoms with van der Waals surface area (Å²) >= 11 is 4.54. The van der Waals surface area contributed by atoms with Gasteiger partial charge in [-0.25, -0.2) is 0 Å². The van der Waals surface area contributed by atoms with Crippen LogP contribution in [0.15, 0.2) is 15.9 Å². The molecule has 0 radical (unpaired) electrons. The third-order valence-electron chi connectivity index (χ3n) is 2.30. The molecule has 0 fully saturated rings. The predicted molar refractivity (Wildman–Crippen MR) is 65.6 cm³/mol. The molecular formula is C10H11BrF3NO2S. The fraction of sp³-hybridized carbons (Fsp3) is 0.500. The Kier molecular flexibility index (Phi) is 5.18. The van der Waals surface area contributed by atoms with E-state index in [2.05, 4.69) is 15.9 Å². The summed E-state index contributed by atoms with van der Waals surface area (Å²) in [6.07, 6.45) is -5.51. The molecule has 8 heteroatoms. The van der Waals surface area contributed by atoms with Crippen LogP contribution in [0.2, 0.25) is 0 Å². The molecule has 1 aromatic rings. The number of halogens is 4. The van der Waals surface area contributed by atoms with Crippen LogP contribution >= 0.6 is 27.3 Å². The van der Waals surface area contributed by atoms with E-state index in [-0.39, 0.29) is 6.54 Å². The van der Waals surface area contributed by atoms with Crippen LogP contribution in [-0.4, -0.2) is 35.2 Å². The Morgan fingerprint density at radius 2 is 2.22 bits per heavy atom. The average Bonchev–Trinajstić information content (AvgIpc) is 2.58. The lowest BCUT2D eigenvalue weighted by molar-refractivity contribution is -0.188. The molecule has 1 unspecified atom stereocenters. The van der Waals surface area contributed by atoms with Crippen molar-refractivity contribution in [3.63, 3.8) is 0 Å². The van der Waals surface area contributed by atoms with E-state index >= 15 is 0 Å². The van der Waals surface area contributed by atoms with Gasteiger partial charge in [0.15, 0.2) is 0 Å². The molecule has 1 aromatic heterocycles. The van der Waals surface area contributed by atoms with E-state index in [0.717, 1.165) is 14.2 Å². The Balaban J connectivity index is 2.76. The highest BCUT2D eigenvalue weighted by Crippen LogP contribution is 2.29. The maximum atomic E-state index is 12.7. The molecule has 0 spiro atoms. The molecule has 0 saturated heterocycles. The maximum absolute atomic E-state index is 12.7. The fourth-order valence-electron chi connectivity index (χ4n) is 1.48. The number of thiophene rings is 1. The molecule has 3 nitrogen and oxygen atoms in total. The van der Waals surface area contributed by atoms with Gasteiger partial charge in [0.2, 0.25) is 0 Å². The Morgan fingerprint density at radius 1 is 1.61 bits per heavy atom. The molecule has 0 aliphatic rings. The molecule has 0 amide bonds. The minimum Gasteiger partial charge on any atom is -0.481 e. The first-order valence-electron chi connectivity index (χ1n) is 4.92. The highest BCUT2D eigenvalue weighted by atomic mass is 79.9. The minimum atomic E-state index is -4.55. The smallest absolute Gasteiger partial charge is 0.404 e. The van der Waals surface area contributed by atoms with Gasteiger partial charge in [-0.05, 0) is 29.0 Å². The zero-order valence-corrected chi connectivity index (χ0v) is 11.8. The highest BCUT2D eigenvalue weighted by molar-refractivity contribution is 9.10. The van der Waals surface area contributed by atoms with Crippen molar-refractivity contribution in [3.05, 3.63) is 20.8 Å². The van der Waals surface area contributed by atoms with Crippen molar-refractivity contribution in [3.8, 4) is 0 Å². The van der Waals surface area contributed by atoms with Crippen molar-refractivity contribution in [2.24, 2.45) is 0 Å². The zero-order chi connectivity index (χ0) is 13.9. The second kappa shape index (κ2) is 6.03. The van der Waals surface area contributed by atoms with Gasteiger partial charge in [-0.15, -0.1) is 11.3 Å². The van der Waals surface area contributed by atoms with Crippen LogP contribution in [0.4, 0.5) is 13.2 Å². The highest BCUT2D eigenvalue weighted by Gasteiger charge is 2.43. The molecule has 0 saturated carbocycles. The molecule has 0 aliphatic carbocycles. The van der Waals surface area contributed by atoms with E-state index in [0.29, 0.717) is 0 Å². The summed E-state index contributed by atoms with van der Waals surface area (Å²) in [5, 5.41) is 10.3. The summed E-state index contributed by atoms with van der Waals surface area (Å²) < 4.78 is 39.0. The summed E-state index contributed by atoms with van der Waals surface area (Å²) in [7, 11) is 1.27. The third-order valence-corrected chi connectivity index (χ3v) is 3.99. The lowest BCUT2D eigenvalue weighted by atomic mass is 10.1. The molecular weight excluding hydrogens is 335 g/mol. The average molecular weight is 346 g/mol. The summed E-state index contributed by atoms with van der Waals surface area (Å²) in [6.45, 7) is 0.0632. The van der Waals surface area contributed by atoms with Gasteiger partial charge in [0.05, 0.1) is 6.42 Å². The second-order valence-corrected chi connectivity index (χ2v) is 5.71. The lowest BCUT2D eigenvalue weighted by Gasteiger charge is -2.28. The first kappa shape index (κ1) is 15.5. The molecule has 1 heterocycles. The van der Waals surface area contributed by atoms with E-state index in [1.165, 1.54) is 18.4 Å². The normalized spacial score (nSPS) is 13.9. The zero-order valence-electron chi connectivity index (χ0n) is 9.37. The molecule has 1 atom stereocenters. The summed E-state index contributed by atoms with van der Waals surface area (Å²) in [4.78, 5) is 12.2. The van der Waals surface area contributed by atoms with Gasteiger partial charge < -0.3 is 5.11 Å². The van der Waals surface area contributed by atoms with Gasteiger partial charge in [0, 0.05) is 21.3 Å². The number of hydrogen-bond acceptors (Lipinski definition) is 3. The van der Waals surface area contributed by atoms with Gasteiger partial charge in [-0.1, -0.05) is 0 Å².